The Labute approximate surface area is 295 Å². The Kier molecular flexibility index (Phi) is 9.18. The Morgan fingerprint density at radius 3 is 2.35 bits per heavy atom. The topological polar surface area (TPSA) is 99.0 Å². The fraction of sp³-hybridized carbons (Fsp3) is 0.590. The van der Waals surface area contributed by atoms with Gasteiger partial charge in [0.2, 0.25) is 0 Å². The molecular formula is C39H48ClN5O4. The van der Waals surface area contributed by atoms with E-state index in [9.17, 15) is 14.9 Å². The van der Waals surface area contributed by atoms with E-state index in [-0.39, 0.29) is 35.0 Å². The number of carbonyl (C=O) groups is 2. The van der Waals surface area contributed by atoms with Gasteiger partial charge in [0.1, 0.15) is 29.2 Å². The number of piperidine rings is 1. The lowest BCUT2D eigenvalue weighted by atomic mass is 9.49. The van der Waals surface area contributed by atoms with Crippen LogP contribution in [-0.2, 0) is 11.3 Å². The Morgan fingerprint density at radius 1 is 1.06 bits per heavy atom. The molecule has 0 spiro atoms. The number of halogens is 1. The van der Waals surface area contributed by atoms with Crippen molar-refractivity contribution in [2.24, 2.45) is 16.7 Å². The number of nitrogens with zero attached hydrogens (tertiary/aromatic N) is 5. The molecule has 1 saturated heterocycles. The van der Waals surface area contributed by atoms with Gasteiger partial charge in [0.25, 0.3) is 5.91 Å². The van der Waals surface area contributed by atoms with Crippen molar-refractivity contribution in [3.8, 4) is 23.7 Å². The van der Waals surface area contributed by atoms with Gasteiger partial charge in [-0.3, -0.25) is 4.79 Å². The zero-order valence-corrected chi connectivity index (χ0v) is 30.7. The summed E-state index contributed by atoms with van der Waals surface area (Å²) in [7, 11) is 2.20. The summed E-state index contributed by atoms with van der Waals surface area (Å²) in [6.07, 6.45) is 3.56. The molecule has 2 aliphatic heterocycles. The van der Waals surface area contributed by atoms with Gasteiger partial charge in [0.15, 0.2) is 0 Å². The van der Waals surface area contributed by atoms with Crippen LogP contribution < -0.4 is 4.74 Å². The number of fused-ring (bicyclic) bond motifs is 1. The molecule has 0 radical (unpaired) electrons. The number of nitriles is 1. The maximum atomic E-state index is 13.7. The molecule has 0 bridgehead atoms. The van der Waals surface area contributed by atoms with Crippen molar-refractivity contribution in [2.75, 3.05) is 20.1 Å². The summed E-state index contributed by atoms with van der Waals surface area (Å²) >= 11 is 6.27. The Bertz CT molecular complexity index is 1720. The molecule has 3 fully saturated rings. The number of ether oxygens (including phenoxy) is 2. The lowest BCUT2D eigenvalue weighted by Gasteiger charge is -2.65. The van der Waals surface area contributed by atoms with E-state index in [0.29, 0.717) is 52.1 Å². The minimum atomic E-state index is -0.476. The number of likely N-dealkylation sites (tertiary alicyclic amines) is 1. The van der Waals surface area contributed by atoms with E-state index in [4.69, 9.17) is 26.1 Å². The van der Waals surface area contributed by atoms with Crippen molar-refractivity contribution in [1.29, 1.82) is 5.26 Å². The summed E-state index contributed by atoms with van der Waals surface area (Å²) in [6, 6.07) is 11.8. The summed E-state index contributed by atoms with van der Waals surface area (Å²) in [6.45, 7) is 16.1. The maximum absolute atomic E-state index is 13.7. The fourth-order valence-corrected chi connectivity index (χ4v) is 9.00. The molecule has 3 heterocycles. The van der Waals surface area contributed by atoms with Crippen molar-refractivity contribution in [1.82, 2.24) is 19.7 Å². The lowest BCUT2D eigenvalue weighted by molar-refractivity contribution is -0.199. The second-order valence-electron chi connectivity index (χ2n) is 16.4. The number of hydrogen-bond donors (Lipinski definition) is 0. The van der Waals surface area contributed by atoms with Crippen LogP contribution >= 0.6 is 11.6 Å². The van der Waals surface area contributed by atoms with Gasteiger partial charge in [0, 0.05) is 54.0 Å². The van der Waals surface area contributed by atoms with Gasteiger partial charge in [-0.25, -0.2) is 9.78 Å². The van der Waals surface area contributed by atoms with Gasteiger partial charge in [0.05, 0.1) is 28.4 Å². The van der Waals surface area contributed by atoms with Crippen LogP contribution in [0.5, 0.6) is 5.75 Å². The van der Waals surface area contributed by atoms with E-state index in [1.54, 1.807) is 18.2 Å². The van der Waals surface area contributed by atoms with Crippen LogP contribution in [0.1, 0.15) is 101 Å². The highest BCUT2D eigenvalue weighted by Crippen LogP contribution is 2.59. The third kappa shape index (κ3) is 6.73. The molecule has 2 amide bonds. The summed E-state index contributed by atoms with van der Waals surface area (Å²) in [5, 5.41) is 9.59. The second kappa shape index (κ2) is 12.8. The van der Waals surface area contributed by atoms with Crippen LogP contribution in [0.3, 0.4) is 0 Å². The SMILES string of the molecule is CN(C1CCN(C(=O)OC(C)(C)C)CC1)C1CC(C#Cc2ccc3c(n2)CN([C@H]2C(C)(C)[C@H](Oc4ccc(C#N)c(Cl)c4)C2(C)C)C3=O)C1. The van der Waals surface area contributed by atoms with Crippen LogP contribution in [0, 0.1) is 39.9 Å². The maximum Gasteiger partial charge on any atom is 0.410 e. The first-order chi connectivity index (χ1) is 23.0. The summed E-state index contributed by atoms with van der Waals surface area (Å²) in [5.74, 6) is 7.67. The van der Waals surface area contributed by atoms with Gasteiger partial charge in [-0.05, 0) is 83.7 Å². The first-order valence-electron chi connectivity index (χ1n) is 17.4. The predicted molar refractivity (Wildman–Crippen MR) is 188 cm³/mol. The largest absolute Gasteiger partial charge is 0.489 e. The van der Waals surface area contributed by atoms with E-state index in [2.05, 4.69) is 57.6 Å². The van der Waals surface area contributed by atoms with Crippen molar-refractivity contribution in [3.05, 3.63) is 57.9 Å². The number of benzene rings is 1. The number of carbonyl (C=O) groups excluding carboxylic acids is 2. The summed E-state index contributed by atoms with van der Waals surface area (Å²) in [5.41, 5.74) is 1.37. The molecule has 4 aliphatic rings. The molecule has 9 nitrogen and oxygen atoms in total. The van der Waals surface area contributed by atoms with E-state index < -0.39 is 5.60 Å². The van der Waals surface area contributed by atoms with Gasteiger partial charge >= 0.3 is 6.09 Å². The van der Waals surface area contributed by atoms with Crippen molar-refractivity contribution in [2.45, 2.75) is 111 Å². The highest BCUT2D eigenvalue weighted by atomic mass is 35.5. The minimum absolute atomic E-state index is 0.00479. The summed E-state index contributed by atoms with van der Waals surface area (Å²) in [4.78, 5) is 37.2. The van der Waals surface area contributed by atoms with E-state index >= 15 is 0 Å². The smallest absolute Gasteiger partial charge is 0.410 e. The molecule has 6 rings (SSSR count). The van der Waals surface area contributed by atoms with Crippen LogP contribution in [0.25, 0.3) is 0 Å². The molecule has 0 N–H and O–H groups in total. The number of aromatic nitrogens is 1. The molecule has 0 unspecified atom stereocenters. The highest BCUT2D eigenvalue weighted by molar-refractivity contribution is 6.31. The Balaban J connectivity index is 1.03. The van der Waals surface area contributed by atoms with Crippen molar-refractivity contribution < 1.29 is 19.1 Å². The molecule has 2 aliphatic carbocycles. The molecule has 10 heteroatoms. The monoisotopic (exact) mass is 685 g/mol. The molecule has 2 aromatic rings. The zero-order valence-electron chi connectivity index (χ0n) is 30.0. The van der Waals surface area contributed by atoms with Crippen molar-refractivity contribution in [3.63, 3.8) is 0 Å². The lowest BCUT2D eigenvalue weighted by Crippen LogP contribution is -2.74. The number of rotatable bonds is 5. The van der Waals surface area contributed by atoms with Gasteiger partial charge < -0.3 is 24.2 Å². The number of hydrogen-bond acceptors (Lipinski definition) is 7. The molecule has 49 heavy (non-hydrogen) atoms. The van der Waals surface area contributed by atoms with Crippen LogP contribution in [0.4, 0.5) is 4.79 Å². The second-order valence-corrected chi connectivity index (χ2v) is 16.8. The molecule has 1 aromatic carbocycles. The van der Waals surface area contributed by atoms with E-state index in [1.807, 2.05) is 42.7 Å². The molecule has 2 saturated carbocycles. The van der Waals surface area contributed by atoms with Crippen LogP contribution in [0.15, 0.2) is 30.3 Å². The number of pyridine rings is 1. The quantitative estimate of drug-likeness (QED) is 0.316. The van der Waals surface area contributed by atoms with Crippen LogP contribution in [-0.4, -0.2) is 81.7 Å². The Hall–Kier alpha value is -3.79. The zero-order chi connectivity index (χ0) is 35.5. The van der Waals surface area contributed by atoms with Gasteiger partial charge in [-0.2, -0.15) is 5.26 Å². The Morgan fingerprint density at radius 2 is 1.73 bits per heavy atom. The molecule has 1 aromatic heterocycles. The van der Waals surface area contributed by atoms with Gasteiger partial charge in [-0.1, -0.05) is 45.2 Å². The summed E-state index contributed by atoms with van der Waals surface area (Å²) < 4.78 is 12.0. The number of amides is 2. The standard InChI is InChI=1S/C39H48ClN5O4/c1-37(2,3)49-36(47)44-17-15-27(16-18-44)43(8)28-19-24(20-28)9-11-26-12-14-30-32(42-26)23-45(33(30)46)34-38(4,5)35(39(34,6)7)48-29-13-10-25(22-41)31(40)21-29/h10,12-14,21,24,27-28,34-35H,15-20,23H2,1-8H3/t24?,28?,34-,35-. The molecular weight excluding hydrogens is 638 g/mol. The fourth-order valence-electron chi connectivity index (χ4n) is 8.79. The third-order valence-electron chi connectivity index (χ3n) is 11.0. The minimum Gasteiger partial charge on any atom is -0.489 e. The molecule has 260 valence electrons. The van der Waals surface area contributed by atoms with E-state index in [1.165, 1.54) is 0 Å². The van der Waals surface area contributed by atoms with Gasteiger partial charge in [-0.15, -0.1) is 0 Å². The average molecular weight is 686 g/mol. The van der Waals surface area contributed by atoms with Crippen molar-refractivity contribution >= 4 is 23.6 Å². The average Bonchev–Trinajstić information content (AvgIpc) is 3.31. The normalized spacial score (nSPS) is 25.8. The highest BCUT2D eigenvalue weighted by Gasteiger charge is 2.67. The first kappa shape index (κ1) is 35.1. The molecule has 0 atom stereocenters. The third-order valence-corrected chi connectivity index (χ3v) is 11.3. The van der Waals surface area contributed by atoms with Crippen LogP contribution in [0.2, 0.25) is 5.02 Å². The van der Waals surface area contributed by atoms with E-state index in [0.717, 1.165) is 44.5 Å². The first-order valence-corrected chi connectivity index (χ1v) is 17.8. The predicted octanol–water partition coefficient (Wildman–Crippen LogP) is 6.91.